The van der Waals surface area contributed by atoms with Crippen molar-refractivity contribution in [2.75, 3.05) is 26.3 Å². The molecule has 0 aliphatic carbocycles. The SMILES string of the molecule is CC(C)C1(C2CNC2)COC1. The van der Waals surface area contributed by atoms with Gasteiger partial charge in [-0.15, -0.1) is 0 Å². The summed E-state index contributed by atoms with van der Waals surface area (Å²) in [6, 6.07) is 0. The first-order chi connectivity index (χ1) is 5.26. The molecule has 0 bridgehead atoms. The maximum Gasteiger partial charge on any atom is 0.0550 e. The molecular weight excluding hydrogens is 138 g/mol. The Morgan fingerprint density at radius 1 is 1.36 bits per heavy atom. The van der Waals surface area contributed by atoms with Gasteiger partial charge in [0.1, 0.15) is 0 Å². The predicted octanol–water partition coefficient (Wildman–Crippen LogP) is 0.878. The highest BCUT2D eigenvalue weighted by atomic mass is 16.5. The number of hydrogen-bond donors (Lipinski definition) is 1. The number of rotatable bonds is 2. The second kappa shape index (κ2) is 2.46. The molecule has 0 unspecified atom stereocenters. The maximum absolute atomic E-state index is 5.33. The summed E-state index contributed by atoms with van der Waals surface area (Å²) in [6.45, 7) is 9.05. The van der Waals surface area contributed by atoms with Crippen molar-refractivity contribution in [2.45, 2.75) is 13.8 Å². The predicted molar refractivity (Wildman–Crippen MR) is 44.4 cm³/mol. The lowest BCUT2D eigenvalue weighted by Gasteiger charge is -2.53. The van der Waals surface area contributed by atoms with E-state index in [2.05, 4.69) is 19.2 Å². The summed E-state index contributed by atoms with van der Waals surface area (Å²) in [4.78, 5) is 0. The van der Waals surface area contributed by atoms with Crippen molar-refractivity contribution in [3.63, 3.8) is 0 Å². The lowest BCUT2D eigenvalue weighted by molar-refractivity contribution is -0.180. The summed E-state index contributed by atoms with van der Waals surface area (Å²) in [7, 11) is 0. The fourth-order valence-corrected chi connectivity index (χ4v) is 2.07. The third kappa shape index (κ3) is 0.926. The summed E-state index contributed by atoms with van der Waals surface area (Å²) >= 11 is 0. The van der Waals surface area contributed by atoms with Crippen LogP contribution in [0.15, 0.2) is 0 Å². The molecule has 0 spiro atoms. The third-order valence-corrected chi connectivity index (χ3v) is 3.49. The van der Waals surface area contributed by atoms with Gasteiger partial charge in [0.25, 0.3) is 0 Å². The summed E-state index contributed by atoms with van der Waals surface area (Å²) in [6.07, 6.45) is 0. The minimum Gasteiger partial charge on any atom is -0.380 e. The van der Waals surface area contributed by atoms with Crippen LogP contribution >= 0.6 is 0 Å². The van der Waals surface area contributed by atoms with Crippen LogP contribution in [0.2, 0.25) is 0 Å². The van der Waals surface area contributed by atoms with Crippen molar-refractivity contribution >= 4 is 0 Å². The lowest BCUT2D eigenvalue weighted by atomic mass is 9.64. The van der Waals surface area contributed by atoms with Gasteiger partial charge in [-0.3, -0.25) is 0 Å². The van der Waals surface area contributed by atoms with Crippen molar-refractivity contribution in [3.8, 4) is 0 Å². The highest BCUT2D eigenvalue weighted by Gasteiger charge is 2.49. The van der Waals surface area contributed by atoms with Crippen LogP contribution in [0.5, 0.6) is 0 Å². The van der Waals surface area contributed by atoms with Gasteiger partial charge >= 0.3 is 0 Å². The van der Waals surface area contributed by atoms with Crippen LogP contribution in [-0.4, -0.2) is 26.3 Å². The Morgan fingerprint density at radius 3 is 2.09 bits per heavy atom. The van der Waals surface area contributed by atoms with E-state index in [0.717, 1.165) is 25.0 Å². The molecule has 2 aliphatic rings. The molecule has 0 saturated carbocycles. The monoisotopic (exact) mass is 155 g/mol. The van der Waals surface area contributed by atoms with E-state index in [0.29, 0.717) is 5.41 Å². The normalized spacial score (nSPS) is 29.7. The van der Waals surface area contributed by atoms with Gasteiger partial charge in [0, 0.05) is 5.41 Å². The minimum absolute atomic E-state index is 0.533. The van der Waals surface area contributed by atoms with E-state index in [1.165, 1.54) is 13.1 Å². The molecule has 0 radical (unpaired) electrons. The van der Waals surface area contributed by atoms with Crippen LogP contribution in [0.1, 0.15) is 13.8 Å². The van der Waals surface area contributed by atoms with Gasteiger partial charge in [0.2, 0.25) is 0 Å². The van der Waals surface area contributed by atoms with Gasteiger partial charge in [-0.05, 0) is 24.9 Å². The minimum atomic E-state index is 0.533. The molecule has 11 heavy (non-hydrogen) atoms. The van der Waals surface area contributed by atoms with Gasteiger partial charge in [0.05, 0.1) is 13.2 Å². The van der Waals surface area contributed by atoms with Crippen molar-refractivity contribution in [3.05, 3.63) is 0 Å². The fraction of sp³-hybridized carbons (Fsp3) is 1.00. The molecule has 2 heterocycles. The molecule has 0 amide bonds. The summed E-state index contributed by atoms with van der Waals surface area (Å²) in [5.74, 6) is 1.67. The Labute approximate surface area is 68.3 Å². The zero-order valence-electron chi connectivity index (χ0n) is 7.39. The van der Waals surface area contributed by atoms with E-state index in [1.807, 2.05) is 0 Å². The smallest absolute Gasteiger partial charge is 0.0550 e. The van der Waals surface area contributed by atoms with Gasteiger partial charge in [-0.25, -0.2) is 0 Å². The molecule has 0 aromatic heterocycles. The van der Waals surface area contributed by atoms with E-state index in [4.69, 9.17) is 4.74 Å². The lowest BCUT2D eigenvalue weighted by Crippen LogP contribution is -2.62. The molecule has 0 atom stereocenters. The average Bonchev–Trinajstić information content (AvgIpc) is 1.71. The molecule has 0 aromatic carbocycles. The standard InChI is InChI=1S/C9H17NO/c1-7(2)9(5-11-6-9)8-3-10-4-8/h7-8,10H,3-6H2,1-2H3. The van der Waals surface area contributed by atoms with Crippen molar-refractivity contribution in [1.29, 1.82) is 0 Å². The molecular formula is C9H17NO. The quantitative estimate of drug-likeness (QED) is 0.639. The number of nitrogens with one attached hydrogen (secondary N) is 1. The van der Waals surface area contributed by atoms with Gasteiger partial charge in [-0.1, -0.05) is 13.8 Å². The zero-order valence-corrected chi connectivity index (χ0v) is 7.39. The maximum atomic E-state index is 5.33. The van der Waals surface area contributed by atoms with E-state index in [9.17, 15) is 0 Å². The summed E-state index contributed by atoms with van der Waals surface area (Å²) < 4.78 is 5.33. The summed E-state index contributed by atoms with van der Waals surface area (Å²) in [5.41, 5.74) is 0.533. The Hall–Kier alpha value is -0.0800. The van der Waals surface area contributed by atoms with Crippen LogP contribution in [0, 0.1) is 17.3 Å². The van der Waals surface area contributed by atoms with Crippen LogP contribution in [0.4, 0.5) is 0 Å². The molecule has 2 saturated heterocycles. The van der Waals surface area contributed by atoms with Gasteiger partial charge in [-0.2, -0.15) is 0 Å². The first-order valence-corrected chi connectivity index (χ1v) is 4.54. The van der Waals surface area contributed by atoms with E-state index in [-0.39, 0.29) is 0 Å². The number of hydrogen-bond acceptors (Lipinski definition) is 2. The van der Waals surface area contributed by atoms with Crippen molar-refractivity contribution in [1.82, 2.24) is 5.32 Å². The Kier molecular flexibility index (Phi) is 1.69. The Balaban J connectivity index is 2.03. The van der Waals surface area contributed by atoms with Crippen LogP contribution in [0.3, 0.4) is 0 Å². The van der Waals surface area contributed by atoms with Gasteiger partial charge < -0.3 is 10.1 Å². The van der Waals surface area contributed by atoms with E-state index in [1.54, 1.807) is 0 Å². The first kappa shape index (κ1) is 7.56. The molecule has 2 nitrogen and oxygen atoms in total. The topological polar surface area (TPSA) is 21.3 Å². The fourth-order valence-electron chi connectivity index (χ4n) is 2.07. The van der Waals surface area contributed by atoms with Crippen LogP contribution < -0.4 is 5.32 Å². The second-order valence-corrected chi connectivity index (χ2v) is 4.24. The van der Waals surface area contributed by atoms with E-state index < -0.39 is 0 Å². The van der Waals surface area contributed by atoms with Gasteiger partial charge in [0.15, 0.2) is 0 Å². The highest BCUT2D eigenvalue weighted by Crippen LogP contribution is 2.44. The number of ether oxygens (including phenoxy) is 1. The molecule has 64 valence electrons. The van der Waals surface area contributed by atoms with Crippen LogP contribution in [0.25, 0.3) is 0 Å². The third-order valence-electron chi connectivity index (χ3n) is 3.49. The Bertz CT molecular complexity index is 148. The zero-order chi connectivity index (χ0) is 7.90. The Morgan fingerprint density at radius 2 is 2.00 bits per heavy atom. The molecule has 2 fully saturated rings. The molecule has 2 aliphatic heterocycles. The second-order valence-electron chi connectivity index (χ2n) is 4.24. The molecule has 0 aromatic rings. The van der Waals surface area contributed by atoms with Crippen molar-refractivity contribution < 1.29 is 4.74 Å². The van der Waals surface area contributed by atoms with Crippen molar-refractivity contribution in [2.24, 2.45) is 17.3 Å². The average molecular weight is 155 g/mol. The molecule has 2 rings (SSSR count). The summed E-state index contributed by atoms with van der Waals surface area (Å²) in [5, 5.41) is 3.33. The van der Waals surface area contributed by atoms with E-state index >= 15 is 0 Å². The largest absolute Gasteiger partial charge is 0.380 e. The molecule has 2 heteroatoms. The highest BCUT2D eigenvalue weighted by molar-refractivity contribution is 4.99. The first-order valence-electron chi connectivity index (χ1n) is 4.54. The van der Waals surface area contributed by atoms with Crippen LogP contribution in [-0.2, 0) is 4.74 Å². The molecule has 1 N–H and O–H groups in total.